The number of anilines is 2. The molecule has 0 aliphatic rings. The van der Waals surface area contributed by atoms with E-state index < -0.39 is 27.7 Å². The van der Waals surface area contributed by atoms with Crippen LogP contribution in [0.5, 0.6) is 0 Å². The molecule has 0 spiro atoms. The minimum Gasteiger partial charge on any atom is -0.322 e. The summed E-state index contributed by atoms with van der Waals surface area (Å²) >= 11 is 5.90. The number of hydrogen-bond donors (Lipinski definition) is 2. The number of aryl methyl sites for hydroxylation is 2. The molecule has 0 saturated carbocycles. The number of rotatable bonds is 5. The fourth-order valence-corrected chi connectivity index (χ4v) is 4.31. The van der Waals surface area contributed by atoms with Gasteiger partial charge in [-0.2, -0.15) is 13.2 Å². The van der Waals surface area contributed by atoms with Crippen LogP contribution in [0.1, 0.15) is 27.0 Å². The minimum absolute atomic E-state index is 0.0121. The van der Waals surface area contributed by atoms with Gasteiger partial charge in [0, 0.05) is 16.3 Å². The smallest absolute Gasteiger partial charge is 0.322 e. The van der Waals surface area contributed by atoms with Crippen molar-refractivity contribution in [2.45, 2.75) is 24.9 Å². The van der Waals surface area contributed by atoms with Crippen LogP contribution in [-0.2, 0) is 16.2 Å². The Morgan fingerprint density at radius 1 is 0.938 bits per heavy atom. The van der Waals surface area contributed by atoms with Crippen LogP contribution in [0.3, 0.4) is 0 Å². The lowest BCUT2D eigenvalue weighted by atomic mass is 10.1. The van der Waals surface area contributed by atoms with E-state index in [-0.39, 0.29) is 16.1 Å². The molecule has 5 nitrogen and oxygen atoms in total. The topological polar surface area (TPSA) is 75.3 Å². The molecule has 0 aromatic heterocycles. The van der Waals surface area contributed by atoms with Crippen molar-refractivity contribution in [3.05, 3.63) is 87.9 Å². The van der Waals surface area contributed by atoms with E-state index in [1.54, 1.807) is 19.9 Å². The van der Waals surface area contributed by atoms with Crippen molar-refractivity contribution in [1.29, 1.82) is 0 Å². The molecule has 0 fully saturated rings. The molecular weight excluding hydrogens is 465 g/mol. The van der Waals surface area contributed by atoms with Crippen LogP contribution in [0.2, 0.25) is 5.02 Å². The van der Waals surface area contributed by atoms with Crippen LogP contribution in [0.25, 0.3) is 0 Å². The maximum Gasteiger partial charge on any atom is 0.416 e. The monoisotopic (exact) mass is 482 g/mol. The van der Waals surface area contributed by atoms with Gasteiger partial charge < -0.3 is 5.32 Å². The van der Waals surface area contributed by atoms with Crippen LogP contribution in [0.15, 0.2) is 65.6 Å². The minimum atomic E-state index is -4.56. The first kappa shape index (κ1) is 23.6. The van der Waals surface area contributed by atoms with E-state index in [2.05, 4.69) is 10.0 Å². The summed E-state index contributed by atoms with van der Waals surface area (Å²) in [6.45, 7) is 3.28. The highest BCUT2D eigenvalue weighted by molar-refractivity contribution is 7.92. The van der Waals surface area contributed by atoms with Gasteiger partial charge >= 0.3 is 6.18 Å². The second-order valence-electron chi connectivity index (χ2n) is 7.07. The average Bonchev–Trinajstić information content (AvgIpc) is 2.70. The predicted molar refractivity (Wildman–Crippen MR) is 118 cm³/mol. The van der Waals surface area contributed by atoms with E-state index >= 15 is 0 Å². The molecular formula is C22H18ClF3N2O3S. The molecule has 168 valence electrons. The summed E-state index contributed by atoms with van der Waals surface area (Å²) in [6.07, 6.45) is -4.56. The van der Waals surface area contributed by atoms with Crippen molar-refractivity contribution < 1.29 is 26.4 Å². The third kappa shape index (κ3) is 5.41. The Balaban J connectivity index is 1.89. The number of hydrogen-bond acceptors (Lipinski definition) is 3. The number of nitrogens with one attached hydrogen (secondary N) is 2. The Labute approximate surface area is 188 Å². The molecule has 2 N–H and O–H groups in total. The zero-order valence-electron chi connectivity index (χ0n) is 16.9. The van der Waals surface area contributed by atoms with Crippen LogP contribution < -0.4 is 10.0 Å². The molecule has 3 rings (SSSR count). The van der Waals surface area contributed by atoms with Crippen LogP contribution in [-0.4, -0.2) is 14.3 Å². The van der Waals surface area contributed by atoms with E-state index in [0.717, 1.165) is 12.1 Å². The molecule has 0 saturated heterocycles. The van der Waals surface area contributed by atoms with Crippen molar-refractivity contribution in [2.24, 2.45) is 0 Å². The highest BCUT2D eigenvalue weighted by Gasteiger charge is 2.30. The Morgan fingerprint density at radius 2 is 1.66 bits per heavy atom. The van der Waals surface area contributed by atoms with Crippen LogP contribution in [0.4, 0.5) is 24.5 Å². The lowest BCUT2D eigenvalue weighted by Gasteiger charge is -2.14. The SMILES string of the molecule is Cc1cc(Cl)ccc1NS(=O)(=O)c1ccc(C)c(C(=O)Nc2cccc(C(F)(F)F)c2)c1. The zero-order chi connectivity index (χ0) is 23.7. The third-order valence-corrected chi connectivity index (χ3v) is 6.24. The number of carbonyl (C=O) groups excluding carboxylic acids is 1. The normalized spacial score (nSPS) is 11.8. The number of halogens is 4. The van der Waals surface area contributed by atoms with Crippen molar-refractivity contribution >= 4 is 38.9 Å². The predicted octanol–water partition coefficient (Wildman–Crippen LogP) is 6.03. The van der Waals surface area contributed by atoms with Gasteiger partial charge in [-0.3, -0.25) is 9.52 Å². The summed E-state index contributed by atoms with van der Waals surface area (Å²) in [5.74, 6) is -0.735. The van der Waals surface area contributed by atoms with Gasteiger partial charge in [-0.1, -0.05) is 23.7 Å². The fourth-order valence-electron chi connectivity index (χ4n) is 2.93. The van der Waals surface area contributed by atoms with Gasteiger partial charge in [-0.15, -0.1) is 0 Å². The fraction of sp³-hybridized carbons (Fsp3) is 0.136. The average molecular weight is 483 g/mol. The Hall–Kier alpha value is -3.04. The van der Waals surface area contributed by atoms with Gasteiger partial charge in [0.1, 0.15) is 0 Å². The number of amides is 1. The number of alkyl halides is 3. The first-order chi connectivity index (χ1) is 14.9. The lowest BCUT2D eigenvalue weighted by Crippen LogP contribution is -2.17. The van der Waals surface area contributed by atoms with Crippen molar-refractivity contribution in [3.8, 4) is 0 Å². The molecule has 32 heavy (non-hydrogen) atoms. The highest BCUT2D eigenvalue weighted by atomic mass is 35.5. The number of carbonyl (C=O) groups is 1. The molecule has 0 heterocycles. The molecule has 0 radical (unpaired) electrons. The van der Waals surface area contributed by atoms with E-state index in [1.165, 1.54) is 42.5 Å². The van der Waals surface area contributed by atoms with Gasteiger partial charge in [-0.05, 0) is 73.5 Å². The van der Waals surface area contributed by atoms with Gasteiger partial charge in [-0.25, -0.2) is 8.42 Å². The summed E-state index contributed by atoms with van der Waals surface area (Å²) in [7, 11) is -4.04. The van der Waals surface area contributed by atoms with E-state index in [4.69, 9.17) is 11.6 Å². The van der Waals surface area contributed by atoms with Crippen LogP contribution in [0, 0.1) is 13.8 Å². The molecule has 0 atom stereocenters. The Morgan fingerprint density at radius 3 is 2.31 bits per heavy atom. The van der Waals surface area contributed by atoms with E-state index in [1.807, 2.05) is 0 Å². The summed E-state index contributed by atoms with van der Waals surface area (Å²) in [5, 5.41) is 2.84. The summed E-state index contributed by atoms with van der Waals surface area (Å²) in [4.78, 5) is 12.5. The third-order valence-electron chi connectivity index (χ3n) is 4.64. The number of benzene rings is 3. The van der Waals surface area contributed by atoms with Crippen molar-refractivity contribution in [3.63, 3.8) is 0 Å². The lowest BCUT2D eigenvalue weighted by molar-refractivity contribution is -0.137. The zero-order valence-corrected chi connectivity index (χ0v) is 18.5. The molecule has 3 aromatic rings. The molecule has 3 aromatic carbocycles. The summed E-state index contributed by atoms with van der Waals surface area (Å²) in [5.41, 5.74) is 0.424. The van der Waals surface area contributed by atoms with E-state index in [9.17, 15) is 26.4 Å². The van der Waals surface area contributed by atoms with Gasteiger partial charge in [0.2, 0.25) is 0 Å². The molecule has 10 heteroatoms. The van der Waals surface area contributed by atoms with Crippen molar-refractivity contribution in [1.82, 2.24) is 0 Å². The van der Waals surface area contributed by atoms with Crippen molar-refractivity contribution in [2.75, 3.05) is 10.0 Å². The van der Waals surface area contributed by atoms with Gasteiger partial charge in [0.05, 0.1) is 16.1 Å². The first-order valence-electron chi connectivity index (χ1n) is 9.25. The first-order valence-corrected chi connectivity index (χ1v) is 11.1. The van der Waals surface area contributed by atoms with Gasteiger partial charge in [0.15, 0.2) is 0 Å². The maximum atomic E-state index is 12.9. The molecule has 0 bridgehead atoms. The highest BCUT2D eigenvalue weighted by Crippen LogP contribution is 2.31. The molecule has 1 amide bonds. The second kappa shape index (κ2) is 8.84. The van der Waals surface area contributed by atoms with Gasteiger partial charge in [0.25, 0.3) is 15.9 Å². The molecule has 0 aliphatic heterocycles. The van der Waals surface area contributed by atoms with E-state index in [0.29, 0.717) is 21.8 Å². The van der Waals surface area contributed by atoms with Crippen LogP contribution >= 0.6 is 11.6 Å². The Kier molecular flexibility index (Phi) is 6.52. The second-order valence-corrected chi connectivity index (χ2v) is 9.19. The molecule has 0 aliphatic carbocycles. The largest absolute Gasteiger partial charge is 0.416 e. The summed E-state index contributed by atoms with van der Waals surface area (Å²) in [6, 6.07) is 12.8. The Bertz CT molecular complexity index is 1290. The quantitative estimate of drug-likeness (QED) is 0.466. The molecule has 0 unspecified atom stereocenters. The standard InChI is InChI=1S/C22H18ClF3N2O3S/c1-13-6-8-18(32(30,31)28-20-9-7-16(23)10-14(20)2)12-19(13)21(29)27-17-5-3-4-15(11-17)22(24,25)26/h3-12,28H,1-2H3,(H,27,29). The maximum absolute atomic E-state index is 12.9. The summed E-state index contributed by atoms with van der Waals surface area (Å²) < 4.78 is 66.9. The number of sulfonamides is 1.